The minimum atomic E-state index is -0.749. The average Bonchev–Trinajstić information content (AvgIpc) is 2.83. The van der Waals surface area contributed by atoms with Crippen molar-refractivity contribution in [1.82, 2.24) is 4.98 Å². The summed E-state index contributed by atoms with van der Waals surface area (Å²) in [6.07, 6.45) is 4.51. The minimum Gasteiger partial charge on any atom is -0.385 e. The van der Waals surface area contributed by atoms with E-state index in [4.69, 9.17) is 5.26 Å². The first kappa shape index (κ1) is 11.1. The van der Waals surface area contributed by atoms with Gasteiger partial charge < -0.3 is 10.1 Å². The van der Waals surface area contributed by atoms with Crippen molar-refractivity contribution < 1.29 is 5.11 Å². The molecule has 2 aliphatic heterocycles. The molecule has 2 N–H and O–H groups in total. The molecule has 5 rings (SSSR count). The summed E-state index contributed by atoms with van der Waals surface area (Å²) in [5.41, 5.74) is 1.33. The van der Waals surface area contributed by atoms with Crippen LogP contribution in [0.25, 0.3) is 10.9 Å². The van der Waals surface area contributed by atoms with Gasteiger partial charge in [0.1, 0.15) is 0 Å². The number of hydrogen-bond acceptors (Lipinski definition) is 2. The number of nitrogens with zero attached hydrogens (tertiary/aromatic N) is 1. The first-order chi connectivity index (χ1) is 9.21. The van der Waals surface area contributed by atoms with Crippen molar-refractivity contribution in [3.05, 3.63) is 36.0 Å². The van der Waals surface area contributed by atoms with Crippen molar-refractivity contribution in [3.8, 4) is 5.97 Å². The molecule has 2 atom stereocenters. The van der Waals surface area contributed by atoms with E-state index in [1.165, 1.54) is 0 Å². The molecule has 3 aliphatic rings. The molecule has 1 aromatic heterocycles. The van der Waals surface area contributed by atoms with E-state index in [0.29, 0.717) is 11.6 Å². The summed E-state index contributed by atoms with van der Waals surface area (Å²) in [4.78, 5) is 3.24. The zero-order valence-electron chi connectivity index (χ0n) is 10.6. The summed E-state index contributed by atoms with van der Waals surface area (Å²) < 4.78 is 0. The Morgan fingerprint density at radius 1 is 1.32 bits per heavy atom. The number of fused-ring (bicyclic) bond motifs is 3. The molecule has 2 aromatic rings. The number of nitrogens with one attached hydrogen (secondary N) is 1. The van der Waals surface area contributed by atoms with E-state index in [-0.39, 0.29) is 6.71 Å². The fourth-order valence-corrected chi connectivity index (χ4v) is 4.13. The van der Waals surface area contributed by atoms with Crippen LogP contribution in [0, 0.1) is 11.2 Å². The Morgan fingerprint density at radius 2 is 2.05 bits per heavy atom. The van der Waals surface area contributed by atoms with Crippen LogP contribution in [0.5, 0.6) is 0 Å². The summed E-state index contributed by atoms with van der Waals surface area (Å²) in [7, 11) is 0. The van der Waals surface area contributed by atoms with Crippen molar-refractivity contribution in [3.63, 3.8) is 0 Å². The van der Waals surface area contributed by atoms with Gasteiger partial charge in [-0.1, -0.05) is 24.6 Å². The van der Waals surface area contributed by atoms with Gasteiger partial charge in [0.2, 0.25) is 0 Å². The molecular weight excluding hydrogens is 235 g/mol. The summed E-state index contributed by atoms with van der Waals surface area (Å²) in [6, 6.07) is 8.09. The maximum atomic E-state index is 11.0. The van der Waals surface area contributed by atoms with Crippen molar-refractivity contribution in [1.29, 1.82) is 5.26 Å². The number of nitriles is 1. The zero-order valence-corrected chi connectivity index (χ0v) is 10.6. The molecule has 2 bridgehead atoms. The van der Waals surface area contributed by atoms with Gasteiger partial charge in [-0.15, -0.1) is 0 Å². The number of H-pyrrole nitrogens is 1. The number of hydrogen-bond donors (Lipinski definition) is 2. The van der Waals surface area contributed by atoms with Gasteiger partial charge in [0.05, 0.1) is 5.60 Å². The van der Waals surface area contributed by atoms with Crippen LogP contribution in [0.4, 0.5) is 0 Å². The van der Waals surface area contributed by atoms with E-state index >= 15 is 0 Å². The fraction of sp³-hybridized carbons (Fsp3) is 0.400. The molecule has 1 aliphatic carbocycles. The topological polar surface area (TPSA) is 59.8 Å². The van der Waals surface area contributed by atoms with Crippen LogP contribution in [-0.2, 0) is 5.60 Å². The lowest BCUT2D eigenvalue weighted by Crippen LogP contribution is -2.50. The molecule has 3 fully saturated rings. The minimum absolute atomic E-state index is 0.172. The quantitative estimate of drug-likeness (QED) is 0.764. The predicted molar refractivity (Wildman–Crippen MR) is 74.9 cm³/mol. The third kappa shape index (κ3) is 1.42. The molecule has 0 spiro atoms. The molecule has 2 unspecified atom stereocenters. The Bertz CT molecular complexity index is 675. The van der Waals surface area contributed by atoms with Crippen LogP contribution in [-0.4, -0.2) is 16.8 Å². The van der Waals surface area contributed by atoms with E-state index in [2.05, 4.69) is 17.0 Å². The van der Waals surface area contributed by atoms with Gasteiger partial charge in [-0.2, -0.15) is 0 Å². The molecule has 19 heavy (non-hydrogen) atoms. The Kier molecular flexibility index (Phi) is 2.14. The molecule has 1 aromatic carbocycles. The van der Waals surface area contributed by atoms with Crippen LogP contribution >= 0.6 is 0 Å². The van der Waals surface area contributed by atoms with Crippen LogP contribution in [0.3, 0.4) is 0 Å². The maximum absolute atomic E-state index is 11.0. The summed E-state index contributed by atoms with van der Waals surface area (Å²) in [5, 5.41) is 21.3. The molecule has 1 saturated carbocycles. The number of benzene rings is 1. The smallest absolute Gasteiger partial charge is 0.274 e. The van der Waals surface area contributed by atoms with E-state index in [1.807, 2.05) is 24.4 Å². The van der Waals surface area contributed by atoms with Gasteiger partial charge in [-0.05, 0) is 30.5 Å². The van der Waals surface area contributed by atoms with Crippen molar-refractivity contribution >= 4 is 17.6 Å². The highest BCUT2D eigenvalue weighted by Gasteiger charge is 2.56. The number of aliphatic hydroxyl groups is 1. The first-order valence-corrected chi connectivity index (χ1v) is 6.90. The maximum Gasteiger partial charge on any atom is 0.274 e. The number of rotatable bonds is 1. The normalized spacial score (nSPS) is 32.9. The van der Waals surface area contributed by atoms with Crippen molar-refractivity contribution in [2.45, 2.75) is 36.5 Å². The molecule has 4 heteroatoms. The van der Waals surface area contributed by atoms with E-state index < -0.39 is 5.60 Å². The van der Waals surface area contributed by atoms with Crippen molar-refractivity contribution in [2.75, 3.05) is 0 Å². The fourth-order valence-electron chi connectivity index (χ4n) is 4.13. The molecular formula is C15H15BN2O. The Labute approximate surface area is 112 Å². The van der Waals surface area contributed by atoms with Crippen LogP contribution in [0.15, 0.2) is 30.5 Å². The Morgan fingerprint density at radius 3 is 2.79 bits per heavy atom. The summed E-state index contributed by atoms with van der Waals surface area (Å²) >= 11 is 0. The number of aromatic amines is 1. The largest absolute Gasteiger partial charge is 0.385 e. The third-order valence-electron chi connectivity index (χ3n) is 5.06. The highest BCUT2D eigenvalue weighted by atomic mass is 16.3. The lowest BCUT2D eigenvalue weighted by Gasteiger charge is -2.51. The van der Waals surface area contributed by atoms with Gasteiger partial charge >= 0.3 is 0 Å². The van der Waals surface area contributed by atoms with Gasteiger partial charge in [0.15, 0.2) is 0 Å². The highest BCUT2D eigenvalue weighted by molar-refractivity contribution is 6.73. The second-order valence-electron chi connectivity index (χ2n) is 6.10. The molecule has 94 valence electrons. The second-order valence-corrected chi connectivity index (χ2v) is 6.10. The molecule has 3 nitrogen and oxygen atoms in total. The lowest BCUT2D eigenvalue weighted by molar-refractivity contribution is -0.00996. The van der Waals surface area contributed by atoms with Crippen LogP contribution in [0.1, 0.15) is 24.8 Å². The van der Waals surface area contributed by atoms with Crippen LogP contribution in [0.2, 0.25) is 11.6 Å². The summed E-state index contributed by atoms with van der Waals surface area (Å²) in [6.45, 7) is 0.172. The standard InChI is InChI=1S/C15H15BN2O/c17-9-16-10-5-11(16)7-15(19,6-10)13-8-18-14-4-2-1-3-12(13)14/h1-4,8,10-11,18-19H,5-7H2. The summed E-state index contributed by atoms with van der Waals surface area (Å²) in [5.74, 6) is 3.16. The van der Waals surface area contributed by atoms with E-state index in [0.717, 1.165) is 35.7 Å². The molecule has 3 heterocycles. The van der Waals surface area contributed by atoms with Crippen molar-refractivity contribution in [2.24, 2.45) is 0 Å². The van der Waals surface area contributed by atoms with Gasteiger partial charge in [-0.25, -0.2) is 5.26 Å². The number of para-hydroxylation sites is 1. The molecule has 0 radical (unpaired) electrons. The highest BCUT2D eigenvalue weighted by Crippen LogP contribution is 2.60. The Balaban J connectivity index is 1.75. The van der Waals surface area contributed by atoms with Gasteiger partial charge in [0, 0.05) is 28.6 Å². The Hall–Kier alpha value is -1.73. The van der Waals surface area contributed by atoms with Gasteiger partial charge in [-0.3, -0.25) is 0 Å². The molecule has 2 saturated heterocycles. The first-order valence-electron chi connectivity index (χ1n) is 6.90. The monoisotopic (exact) mass is 250 g/mol. The average molecular weight is 250 g/mol. The van der Waals surface area contributed by atoms with E-state index in [1.54, 1.807) is 0 Å². The SMILES string of the molecule is N#CB1C2CC1CC(O)(c1c[nH]c3ccccc13)C2. The van der Waals surface area contributed by atoms with E-state index in [9.17, 15) is 5.11 Å². The lowest BCUT2D eigenvalue weighted by atomic mass is 9.19. The second kappa shape index (κ2) is 3.65. The van der Waals surface area contributed by atoms with Crippen LogP contribution < -0.4 is 0 Å². The van der Waals surface area contributed by atoms with Gasteiger partial charge in [0.25, 0.3) is 6.71 Å². The predicted octanol–water partition coefficient (Wildman–Crippen LogP) is 2.85. The third-order valence-corrected chi connectivity index (χ3v) is 5.06. The number of aromatic nitrogens is 1. The molecule has 0 amide bonds. The zero-order chi connectivity index (χ0) is 13.0.